The lowest BCUT2D eigenvalue weighted by Gasteiger charge is -2.30. The van der Waals surface area contributed by atoms with E-state index in [4.69, 9.17) is 5.73 Å². The van der Waals surface area contributed by atoms with Gasteiger partial charge in [0.15, 0.2) is 0 Å². The van der Waals surface area contributed by atoms with E-state index in [1.54, 1.807) is 18.5 Å². The second-order valence-corrected chi connectivity index (χ2v) is 14.2. The second kappa shape index (κ2) is 21.4. The molecular weight excluding hydrogens is 731 g/mol. The summed E-state index contributed by atoms with van der Waals surface area (Å²) in [7, 11) is 0. The van der Waals surface area contributed by atoms with Crippen LogP contribution in [0.5, 0.6) is 0 Å². The third-order valence-electron chi connectivity index (χ3n) is 9.60. The van der Waals surface area contributed by atoms with Gasteiger partial charge in [0.25, 0.3) is 0 Å². The first-order valence-electron chi connectivity index (χ1n) is 18.9. The topological polar surface area (TPSA) is 198 Å². The normalized spacial score (nSPS) is 11.7. The van der Waals surface area contributed by atoms with Gasteiger partial charge >= 0.3 is 6.03 Å². The second-order valence-electron chi connectivity index (χ2n) is 13.7. The van der Waals surface area contributed by atoms with Crippen molar-refractivity contribution in [1.29, 1.82) is 0 Å². The van der Waals surface area contributed by atoms with Crippen LogP contribution in [0.2, 0.25) is 0 Å². The van der Waals surface area contributed by atoms with Gasteiger partial charge in [-0.3, -0.25) is 24.2 Å². The van der Waals surface area contributed by atoms with E-state index in [-0.39, 0.29) is 69.7 Å². The molecule has 1 unspecified atom stereocenters. The summed E-state index contributed by atoms with van der Waals surface area (Å²) >= 11 is 4.17. The van der Waals surface area contributed by atoms with E-state index < -0.39 is 17.9 Å². The Kier molecular flexibility index (Phi) is 15.9. The predicted molar refractivity (Wildman–Crippen MR) is 220 cm³/mol. The van der Waals surface area contributed by atoms with Crippen LogP contribution in [-0.2, 0) is 38.6 Å². The van der Waals surface area contributed by atoms with E-state index in [2.05, 4.69) is 49.6 Å². The van der Waals surface area contributed by atoms with E-state index >= 15 is 0 Å². The first-order valence-corrected chi connectivity index (χ1v) is 19.5. The minimum Gasteiger partial charge on any atom is -0.361 e. The van der Waals surface area contributed by atoms with Crippen LogP contribution in [0.15, 0.2) is 85.5 Å². The van der Waals surface area contributed by atoms with Crippen molar-refractivity contribution in [3.05, 3.63) is 102 Å². The molecule has 5 aromatic rings. The van der Waals surface area contributed by atoms with Crippen molar-refractivity contribution in [1.82, 2.24) is 40.7 Å². The summed E-state index contributed by atoms with van der Waals surface area (Å²) in [4.78, 5) is 80.1. The van der Waals surface area contributed by atoms with Crippen molar-refractivity contribution in [2.75, 3.05) is 51.6 Å². The van der Waals surface area contributed by atoms with Crippen molar-refractivity contribution >= 4 is 64.0 Å². The number of rotatable bonds is 23. The van der Waals surface area contributed by atoms with Crippen molar-refractivity contribution < 1.29 is 24.0 Å². The molecule has 2 aromatic carbocycles. The lowest BCUT2D eigenvalue weighted by molar-refractivity contribution is -0.145. The molecule has 0 saturated heterocycles. The lowest BCUT2D eigenvalue weighted by atomic mass is 9.94. The van der Waals surface area contributed by atoms with Crippen LogP contribution in [0.3, 0.4) is 0 Å². The molecule has 0 saturated carbocycles. The van der Waals surface area contributed by atoms with Crippen molar-refractivity contribution in [2.24, 2.45) is 11.7 Å². The minimum atomic E-state index is -0.770. The van der Waals surface area contributed by atoms with E-state index in [1.165, 1.54) is 9.80 Å². The molecule has 3 aromatic heterocycles. The van der Waals surface area contributed by atoms with E-state index in [0.717, 1.165) is 38.5 Å². The van der Waals surface area contributed by atoms with Crippen LogP contribution in [0.1, 0.15) is 36.0 Å². The number of pyridine rings is 1. The SMILES string of the molecule is NC(=O)NCCCC(CC(=O)CNCCc1c[nH]c2ccccc12)C(=O)N(CCc1c[nH]c2ccccc12)CC(=O)N(CC(=O)NCCS)Cc1cccnc1. The van der Waals surface area contributed by atoms with Gasteiger partial charge in [-0.05, 0) is 67.1 Å². The molecule has 56 heavy (non-hydrogen) atoms. The maximum absolute atomic E-state index is 14.6. The fraction of sp³-hybridized carbons (Fsp3) is 0.366. The van der Waals surface area contributed by atoms with Gasteiger partial charge < -0.3 is 41.5 Å². The Morgan fingerprint density at radius 3 is 2.16 bits per heavy atom. The molecule has 1 atom stereocenters. The highest BCUT2D eigenvalue weighted by Gasteiger charge is 2.30. The molecule has 15 heteroatoms. The number of hydrogen-bond donors (Lipinski definition) is 7. The number of ketones is 1. The zero-order valence-electron chi connectivity index (χ0n) is 31.5. The van der Waals surface area contributed by atoms with Crippen LogP contribution in [0.4, 0.5) is 4.79 Å². The highest BCUT2D eigenvalue weighted by molar-refractivity contribution is 7.80. The van der Waals surface area contributed by atoms with Crippen molar-refractivity contribution in [3.8, 4) is 0 Å². The van der Waals surface area contributed by atoms with Crippen LogP contribution >= 0.6 is 12.6 Å². The average Bonchev–Trinajstić information content (AvgIpc) is 3.82. The predicted octanol–water partition coefficient (Wildman–Crippen LogP) is 3.35. The number of Topliss-reactive ketones (excluding diaryl/α,β-unsaturated/α-hetero) is 1. The molecule has 0 radical (unpaired) electrons. The number of nitrogens with zero attached hydrogens (tertiary/aromatic N) is 3. The maximum Gasteiger partial charge on any atom is 0.312 e. The van der Waals surface area contributed by atoms with Crippen molar-refractivity contribution in [3.63, 3.8) is 0 Å². The molecule has 0 aliphatic carbocycles. The van der Waals surface area contributed by atoms with Gasteiger partial charge in [-0.15, -0.1) is 0 Å². The Morgan fingerprint density at radius 1 is 0.804 bits per heavy atom. The number of fused-ring (bicyclic) bond motifs is 2. The number of carbonyl (C=O) groups is 5. The Bertz CT molecular complexity index is 2070. The average molecular weight is 782 g/mol. The van der Waals surface area contributed by atoms with Crippen LogP contribution in [-0.4, -0.2) is 106 Å². The minimum absolute atomic E-state index is 0.0567. The summed E-state index contributed by atoms with van der Waals surface area (Å²) in [6.45, 7) is 0.956. The quantitative estimate of drug-likeness (QED) is 0.0390. The van der Waals surface area contributed by atoms with Crippen LogP contribution in [0.25, 0.3) is 21.8 Å². The van der Waals surface area contributed by atoms with Gasteiger partial charge in [-0.1, -0.05) is 42.5 Å². The number of hydrogen-bond acceptors (Lipinski definition) is 8. The molecule has 0 aliphatic rings. The summed E-state index contributed by atoms with van der Waals surface area (Å²) in [5, 5.41) is 10.7. The van der Waals surface area contributed by atoms with Crippen LogP contribution in [0, 0.1) is 5.92 Å². The lowest BCUT2D eigenvalue weighted by Crippen LogP contribution is -2.48. The number of carbonyl (C=O) groups excluding carboxylic acids is 5. The Balaban J connectivity index is 1.32. The Morgan fingerprint density at radius 2 is 1.50 bits per heavy atom. The largest absolute Gasteiger partial charge is 0.361 e. The zero-order chi connectivity index (χ0) is 39.7. The fourth-order valence-electron chi connectivity index (χ4n) is 6.76. The number of nitrogens with two attached hydrogens (primary N) is 1. The summed E-state index contributed by atoms with van der Waals surface area (Å²) in [6.07, 6.45) is 8.89. The number of thiol groups is 1. The number of primary amides is 1. The molecule has 5 rings (SSSR count). The summed E-state index contributed by atoms with van der Waals surface area (Å²) in [6, 6.07) is 18.8. The van der Waals surface area contributed by atoms with Gasteiger partial charge in [0.1, 0.15) is 5.78 Å². The highest BCUT2D eigenvalue weighted by Crippen LogP contribution is 2.21. The number of benzene rings is 2. The molecule has 3 heterocycles. The summed E-state index contributed by atoms with van der Waals surface area (Å²) in [5.74, 6) is -1.61. The molecule has 0 fully saturated rings. The number of urea groups is 1. The number of H-pyrrole nitrogens is 2. The van der Waals surface area contributed by atoms with Crippen molar-refractivity contribution in [2.45, 2.75) is 38.6 Å². The molecule has 0 bridgehead atoms. The molecule has 5 amide bonds. The molecule has 0 spiro atoms. The number of amides is 5. The molecular formula is C41H51N9O5S. The first-order chi connectivity index (χ1) is 27.2. The van der Waals surface area contributed by atoms with Gasteiger partial charge in [0.2, 0.25) is 17.7 Å². The molecule has 7 N–H and O–H groups in total. The number of aromatic amines is 2. The molecule has 0 aliphatic heterocycles. The fourth-order valence-corrected chi connectivity index (χ4v) is 6.87. The van der Waals surface area contributed by atoms with E-state index in [0.29, 0.717) is 38.1 Å². The van der Waals surface area contributed by atoms with Gasteiger partial charge in [0, 0.05) is 90.9 Å². The number of aromatic nitrogens is 3. The third-order valence-corrected chi connectivity index (χ3v) is 9.82. The van der Waals surface area contributed by atoms with E-state index in [1.807, 2.05) is 60.9 Å². The smallest absolute Gasteiger partial charge is 0.312 e. The number of para-hydroxylation sites is 2. The van der Waals surface area contributed by atoms with Gasteiger partial charge in [0.05, 0.1) is 19.6 Å². The maximum atomic E-state index is 14.6. The molecule has 296 valence electrons. The number of nitrogens with one attached hydrogen (secondary N) is 5. The van der Waals surface area contributed by atoms with Crippen LogP contribution < -0.4 is 21.7 Å². The Labute approximate surface area is 331 Å². The monoisotopic (exact) mass is 781 g/mol. The Hall–Kier alpha value is -5.67. The first kappa shape index (κ1) is 41.5. The summed E-state index contributed by atoms with van der Waals surface area (Å²) in [5.41, 5.74) is 10.1. The highest BCUT2D eigenvalue weighted by atomic mass is 32.1. The summed E-state index contributed by atoms with van der Waals surface area (Å²) < 4.78 is 0. The standard InChI is InChI=1S/C41H51N9O5S/c42-41(55)46-16-6-8-30(21-33(51)25-44-17-13-31-23-47-36-11-3-1-9-34(31)36)40(54)49(19-14-32-24-48-37-12-4-2-10-35(32)37)28-39(53)50(27-38(52)45-18-20-56)26-29-7-5-15-43-22-29/h1-5,7,9-12,15,22-24,30,44,47-48,56H,6,8,13-14,16-21,25-28H2,(H,45,52)(H3,42,46,55). The third kappa shape index (κ3) is 12.4. The molecule has 14 nitrogen and oxygen atoms in total. The zero-order valence-corrected chi connectivity index (χ0v) is 32.4. The van der Waals surface area contributed by atoms with Gasteiger partial charge in [-0.2, -0.15) is 12.6 Å². The van der Waals surface area contributed by atoms with Gasteiger partial charge in [-0.25, -0.2) is 4.79 Å². The van der Waals surface area contributed by atoms with E-state index in [9.17, 15) is 24.0 Å².